The van der Waals surface area contributed by atoms with Gasteiger partial charge in [0.25, 0.3) is 5.91 Å². The predicted octanol–water partition coefficient (Wildman–Crippen LogP) is 2.86. The summed E-state index contributed by atoms with van der Waals surface area (Å²) in [6.07, 6.45) is 2.28. The van der Waals surface area contributed by atoms with Crippen molar-refractivity contribution in [2.75, 3.05) is 19.6 Å². The minimum absolute atomic E-state index is 0.171. The summed E-state index contributed by atoms with van der Waals surface area (Å²) in [6.45, 7) is 3.17. The third-order valence-electron chi connectivity index (χ3n) is 4.71. The lowest BCUT2D eigenvalue weighted by Gasteiger charge is -2.44. The Kier molecular flexibility index (Phi) is 3.19. The Labute approximate surface area is 126 Å². The van der Waals surface area contributed by atoms with Gasteiger partial charge in [-0.2, -0.15) is 0 Å². The first-order valence-corrected chi connectivity index (χ1v) is 8.24. The highest BCUT2D eigenvalue weighted by molar-refractivity contribution is 7.20. The molecule has 2 aromatic rings. The van der Waals surface area contributed by atoms with Gasteiger partial charge in [0.1, 0.15) is 4.88 Å². The quantitative estimate of drug-likeness (QED) is 0.925. The average molecular weight is 304 g/mol. The fourth-order valence-electron chi connectivity index (χ4n) is 3.52. The van der Waals surface area contributed by atoms with Crippen LogP contribution in [0.3, 0.4) is 0 Å². The van der Waals surface area contributed by atoms with Gasteiger partial charge in [-0.15, -0.1) is 11.3 Å². The van der Waals surface area contributed by atoms with Gasteiger partial charge in [0.05, 0.1) is 0 Å². The zero-order valence-corrected chi connectivity index (χ0v) is 12.5. The van der Waals surface area contributed by atoms with Gasteiger partial charge in [-0.25, -0.2) is 4.39 Å². The van der Waals surface area contributed by atoms with Gasteiger partial charge < -0.3 is 10.2 Å². The third kappa shape index (κ3) is 2.24. The molecule has 0 radical (unpaired) electrons. The number of halogens is 1. The molecule has 5 heteroatoms. The van der Waals surface area contributed by atoms with E-state index in [9.17, 15) is 9.18 Å². The van der Waals surface area contributed by atoms with Gasteiger partial charge in [-0.1, -0.05) is 18.2 Å². The fourth-order valence-corrected chi connectivity index (χ4v) is 4.51. The Morgan fingerprint density at radius 3 is 2.71 bits per heavy atom. The van der Waals surface area contributed by atoms with Gasteiger partial charge in [-0.05, 0) is 37.9 Å². The van der Waals surface area contributed by atoms with E-state index in [2.05, 4.69) is 10.2 Å². The van der Waals surface area contributed by atoms with Crippen LogP contribution < -0.4 is 5.32 Å². The van der Waals surface area contributed by atoms with E-state index in [1.807, 2.05) is 12.1 Å². The first kappa shape index (κ1) is 13.2. The topological polar surface area (TPSA) is 32.3 Å². The van der Waals surface area contributed by atoms with E-state index < -0.39 is 0 Å². The number of fused-ring (bicyclic) bond motifs is 4. The molecule has 0 saturated carbocycles. The predicted molar refractivity (Wildman–Crippen MR) is 82.2 cm³/mol. The Balaban J connectivity index is 1.58. The Morgan fingerprint density at radius 2 is 2.05 bits per heavy atom. The van der Waals surface area contributed by atoms with Crippen LogP contribution in [0, 0.1) is 11.7 Å². The molecular weight excluding hydrogens is 287 g/mol. The molecule has 1 amide bonds. The smallest absolute Gasteiger partial charge is 0.264 e. The van der Waals surface area contributed by atoms with Crippen molar-refractivity contribution in [1.82, 2.24) is 10.2 Å². The second-order valence-corrected chi connectivity index (χ2v) is 7.01. The summed E-state index contributed by atoms with van der Waals surface area (Å²) in [6, 6.07) is 7.42. The molecular formula is C16H17FN2OS. The van der Waals surface area contributed by atoms with Crippen molar-refractivity contribution in [1.29, 1.82) is 0 Å². The van der Waals surface area contributed by atoms with Crippen LogP contribution in [0.1, 0.15) is 22.5 Å². The minimum atomic E-state index is -0.380. The molecule has 1 N–H and O–H groups in total. The van der Waals surface area contributed by atoms with Gasteiger partial charge in [0.2, 0.25) is 0 Å². The third-order valence-corrected chi connectivity index (χ3v) is 5.86. The maximum atomic E-state index is 14.4. The molecule has 3 aliphatic rings. The van der Waals surface area contributed by atoms with E-state index in [4.69, 9.17) is 0 Å². The standard InChI is InChI=1S/C16H17FN2OS/c17-14-11-3-1-2-4-13(11)21-15(14)16(20)18-12-9-19-7-5-10(12)6-8-19/h1-4,10,12H,5-9H2,(H,18,20). The first-order valence-electron chi connectivity index (χ1n) is 7.42. The summed E-state index contributed by atoms with van der Waals surface area (Å²) in [7, 11) is 0. The number of carbonyl (C=O) groups excluding carboxylic acids is 1. The summed E-state index contributed by atoms with van der Waals surface area (Å²) in [5.74, 6) is -0.0850. The molecule has 21 heavy (non-hydrogen) atoms. The molecule has 4 heterocycles. The van der Waals surface area contributed by atoms with Crippen molar-refractivity contribution in [2.45, 2.75) is 18.9 Å². The van der Waals surface area contributed by atoms with E-state index >= 15 is 0 Å². The van der Waals surface area contributed by atoms with E-state index in [1.54, 1.807) is 12.1 Å². The highest BCUT2D eigenvalue weighted by atomic mass is 32.1. The van der Waals surface area contributed by atoms with Crippen LogP contribution in [0.4, 0.5) is 4.39 Å². The van der Waals surface area contributed by atoms with Crippen LogP contribution in [-0.2, 0) is 0 Å². The molecule has 5 rings (SSSR count). The van der Waals surface area contributed by atoms with Crippen LogP contribution >= 0.6 is 11.3 Å². The molecule has 0 aliphatic carbocycles. The summed E-state index contributed by atoms with van der Waals surface area (Å²) < 4.78 is 15.2. The maximum absolute atomic E-state index is 14.4. The van der Waals surface area contributed by atoms with E-state index in [1.165, 1.54) is 11.3 Å². The van der Waals surface area contributed by atoms with Crippen LogP contribution in [0.2, 0.25) is 0 Å². The number of hydrogen-bond donors (Lipinski definition) is 1. The molecule has 3 aliphatic heterocycles. The van der Waals surface area contributed by atoms with Gasteiger partial charge in [0.15, 0.2) is 5.82 Å². The summed E-state index contributed by atoms with van der Waals surface area (Å²) in [5, 5.41) is 3.60. The number of amides is 1. The number of hydrogen-bond acceptors (Lipinski definition) is 3. The number of rotatable bonds is 2. The van der Waals surface area contributed by atoms with Gasteiger partial charge in [-0.3, -0.25) is 4.79 Å². The van der Waals surface area contributed by atoms with Crippen molar-refractivity contribution < 1.29 is 9.18 Å². The van der Waals surface area contributed by atoms with Crippen LogP contribution in [0.5, 0.6) is 0 Å². The largest absolute Gasteiger partial charge is 0.347 e. The van der Waals surface area contributed by atoms with E-state index in [0.717, 1.165) is 37.2 Å². The molecule has 1 aromatic carbocycles. The lowest BCUT2D eigenvalue weighted by Crippen LogP contribution is -2.57. The lowest BCUT2D eigenvalue weighted by molar-refractivity contribution is 0.0621. The normalized spacial score (nSPS) is 28.0. The molecule has 1 unspecified atom stereocenters. The highest BCUT2D eigenvalue weighted by Crippen LogP contribution is 2.31. The van der Waals surface area contributed by atoms with Gasteiger partial charge in [0, 0.05) is 22.7 Å². The fraction of sp³-hybridized carbons (Fsp3) is 0.438. The number of thiophene rings is 1. The molecule has 2 bridgehead atoms. The maximum Gasteiger partial charge on any atom is 0.264 e. The van der Waals surface area contributed by atoms with Crippen LogP contribution in [-0.4, -0.2) is 36.5 Å². The van der Waals surface area contributed by atoms with E-state index in [-0.39, 0.29) is 22.6 Å². The number of carbonyl (C=O) groups is 1. The van der Waals surface area contributed by atoms with Crippen molar-refractivity contribution in [2.24, 2.45) is 5.92 Å². The molecule has 3 saturated heterocycles. The van der Waals surface area contributed by atoms with Crippen molar-refractivity contribution in [3.8, 4) is 0 Å². The minimum Gasteiger partial charge on any atom is -0.347 e. The molecule has 0 spiro atoms. The Hall–Kier alpha value is -1.46. The van der Waals surface area contributed by atoms with Gasteiger partial charge >= 0.3 is 0 Å². The summed E-state index contributed by atoms with van der Waals surface area (Å²) in [5.41, 5.74) is 0. The van der Waals surface area contributed by atoms with E-state index in [0.29, 0.717) is 11.3 Å². The van der Waals surface area contributed by atoms with Crippen molar-refractivity contribution >= 4 is 27.3 Å². The second-order valence-electron chi connectivity index (χ2n) is 5.96. The number of piperidine rings is 3. The Morgan fingerprint density at radius 1 is 1.29 bits per heavy atom. The highest BCUT2D eigenvalue weighted by Gasteiger charge is 2.35. The second kappa shape index (κ2) is 5.07. The average Bonchev–Trinajstić information content (AvgIpc) is 2.86. The first-order chi connectivity index (χ1) is 10.2. The van der Waals surface area contributed by atoms with Crippen LogP contribution in [0.25, 0.3) is 10.1 Å². The summed E-state index contributed by atoms with van der Waals surface area (Å²) >= 11 is 1.24. The molecule has 3 nitrogen and oxygen atoms in total. The van der Waals surface area contributed by atoms with Crippen LogP contribution in [0.15, 0.2) is 24.3 Å². The lowest BCUT2D eigenvalue weighted by atomic mass is 9.84. The van der Waals surface area contributed by atoms with Crippen molar-refractivity contribution in [3.63, 3.8) is 0 Å². The number of nitrogens with one attached hydrogen (secondary N) is 1. The van der Waals surface area contributed by atoms with Crippen molar-refractivity contribution in [3.05, 3.63) is 35.0 Å². The number of benzene rings is 1. The zero-order chi connectivity index (χ0) is 14.4. The summed E-state index contributed by atoms with van der Waals surface area (Å²) in [4.78, 5) is 15.0. The number of nitrogens with zero attached hydrogens (tertiary/aromatic N) is 1. The molecule has 1 atom stereocenters. The molecule has 1 aromatic heterocycles. The Bertz CT molecular complexity index is 691. The monoisotopic (exact) mass is 304 g/mol. The molecule has 110 valence electrons. The SMILES string of the molecule is O=C(NC1CN2CCC1CC2)c1sc2ccccc2c1F. The molecule has 3 fully saturated rings. The zero-order valence-electron chi connectivity index (χ0n) is 11.6.